The Morgan fingerprint density at radius 3 is 2.26 bits per heavy atom. The third-order valence-corrected chi connectivity index (χ3v) is 8.35. The van der Waals surface area contributed by atoms with Crippen molar-refractivity contribution in [1.29, 1.82) is 0 Å². The molecule has 0 spiro atoms. The second kappa shape index (κ2) is 13.1. The Morgan fingerprint density at radius 1 is 0.923 bits per heavy atom. The number of halogens is 1. The molecule has 0 radical (unpaired) electrons. The van der Waals surface area contributed by atoms with Crippen LogP contribution in [0.15, 0.2) is 77.7 Å². The molecule has 0 fully saturated rings. The molecule has 0 heterocycles. The van der Waals surface area contributed by atoms with Crippen LogP contribution in [0.4, 0.5) is 5.69 Å². The highest BCUT2D eigenvalue weighted by Crippen LogP contribution is 2.28. The minimum Gasteiger partial charge on any atom is -0.354 e. The molecular formula is C30H36ClN3O4S. The van der Waals surface area contributed by atoms with Crippen LogP contribution in [-0.4, -0.2) is 44.3 Å². The first-order valence-corrected chi connectivity index (χ1v) is 14.7. The zero-order valence-corrected chi connectivity index (χ0v) is 24.6. The molecule has 9 heteroatoms. The zero-order valence-electron chi connectivity index (χ0n) is 23.0. The van der Waals surface area contributed by atoms with E-state index in [0.29, 0.717) is 22.8 Å². The van der Waals surface area contributed by atoms with Crippen LogP contribution in [0.3, 0.4) is 0 Å². The Morgan fingerprint density at radius 2 is 1.62 bits per heavy atom. The molecule has 0 aliphatic rings. The van der Waals surface area contributed by atoms with E-state index in [-0.39, 0.29) is 23.3 Å². The average molecular weight is 570 g/mol. The van der Waals surface area contributed by atoms with Crippen LogP contribution in [-0.2, 0) is 26.2 Å². The summed E-state index contributed by atoms with van der Waals surface area (Å²) in [6, 6.07) is 19.7. The lowest BCUT2D eigenvalue weighted by Crippen LogP contribution is -2.51. The van der Waals surface area contributed by atoms with Crippen LogP contribution in [0.1, 0.15) is 37.5 Å². The molecule has 1 atom stereocenters. The molecule has 7 nitrogen and oxygen atoms in total. The smallest absolute Gasteiger partial charge is 0.264 e. The third-order valence-electron chi connectivity index (χ3n) is 6.34. The summed E-state index contributed by atoms with van der Waals surface area (Å²) >= 11 is 6.19. The number of amides is 2. The van der Waals surface area contributed by atoms with E-state index < -0.39 is 28.5 Å². The van der Waals surface area contributed by atoms with Gasteiger partial charge >= 0.3 is 0 Å². The van der Waals surface area contributed by atoms with Gasteiger partial charge in [-0.25, -0.2) is 8.42 Å². The SMILES string of the molecule is Cc1ccc(C)c(N(CC(=O)N(Cc2cccc(Cl)c2)[C@H](C)C(=O)NCC(C)C)S(=O)(=O)c2ccccc2)c1. The van der Waals surface area contributed by atoms with Gasteiger partial charge in [-0.15, -0.1) is 0 Å². The number of hydrogen-bond donors (Lipinski definition) is 1. The lowest BCUT2D eigenvalue weighted by atomic mass is 10.1. The fourth-order valence-electron chi connectivity index (χ4n) is 4.09. The van der Waals surface area contributed by atoms with Crippen molar-refractivity contribution in [1.82, 2.24) is 10.2 Å². The van der Waals surface area contributed by atoms with Gasteiger partial charge in [0.05, 0.1) is 10.6 Å². The standard InChI is InChI=1S/C30H36ClN3O4S/c1-21(2)18-32-30(36)24(5)33(19-25-10-9-11-26(31)17-25)29(35)20-34(28-16-22(3)14-15-23(28)4)39(37,38)27-12-7-6-8-13-27/h6-17,21,24H,18-20H2,1-5H3,(H,32,36)/t24-/m1/s1. The maximum Gasteiger partial charge on any atom is 0.264 e. The molecule has 0 unspecified atom stereocenters. The van der Waals surface area contributed by atoms with E-state index in [1.165, 1.54) is 17.0 Å². The van der Waals surface area contributed by atoms with Crippen molar-refractivity contribution in [3.8, 4) is 0 Å². The molecule has 0 saturated carbocycles. The summed E-state index contributed by atoms with van der Waals surface area (Å²) in [4.78, 5) is 28.5. The molecular weight excluding hydrogens is 534 g/mol. The van der Waals surface area contributed by atoms with E-state index in [4.69, 9.17) is 11.6 Å². The second-order valence-corrected chi connectivity index (χ2v) is 12.4. The van der Waals surface area contributed by atoms with Crippen LogP contribution in [0, 0.1) is 19.8 Å². The largest absolute Gasteiger partial charge is 0.354 e. The molecule has 0 aliphatic heterocycles. The van der Waals surface area contributed by atoms with E-state index in [1.54, 1.807) is 56.3 Å². The first kappa shape index (κ1) is 30.2. The number of aryl methyl sites for hydroxylation is 2. The van der Waals surface area contributed by atoms with Crippen LogP contribution >= 0.6 is 11.6 Å². The fourth-order valence-corrected chi connectivity index (χ4v) is 5.79. The van der Waals surface area contributed by atoms with Gasteiger partial charge in [-0.1, -0.05) is 67.9 Å². The molecule has 0 bridgehead atoms. The van der Waals surface area contributed by atoms with Crippen molar-refractivity contribution in [2.45, 2.75) is 52.1 Å². The normalized spacial score (nSPS) is 12.2. The molecule has 0 aromatic heterocycles. The molecule has 208 valence electrons. The predicted molar refractivity (Wildman–Crippen MR) is 156 cm³/mol. The number of hydrogen-bond acceptors (Lipinski definition) is 4. The summed E-state index contributed by atoms with van der Waals surface area (Å²) in [5.41, 5.74) is 2.70. The highest BCUT2D eigenvalue weighted by atomic mass is 35.5. The second-order valence-electron chi connectivity index (χ2n) is 10.1. The Kier molecular flexibility index (Phi) is 10.2. The van der Waals surface area contributed by atoms with E-state index in [9.17, 15) is 18.0 Å². The van der Waals surface area contributed by atoms with Gasteiger partial charge in [0.2, 0.25) is 11.8 Å². The van der Waals surface area contributed by atoms with Crippen LogP contribution in [0.2, 0.25) is 5.02 Å². The minimum atomic E-state index is -4.10. The molecule has 3 rings (SSSR count). The van der Waals surface area contributed by atoms with Crippen molar-refractivity contribution in [2.75, 3.05) is 17.4 Å². The maximum atomic E-state index is 14.0. The lowest BCUT2D eigenvalue weighted by Gasteiger charge is -2.32. The van der Waals surface area contributed by atoms with Gasteiger partial charge in [-0.05, 0) is 73.7 Å². The van der Waals surface area contributed by atoms with E-state index in [1.807, 2.05) is 39.0 Å². The number of nitrogens with zero attached hydrogens (tertiary/aromatic N) is 2. The Hall–Kier alpha value is -3.36. The first-order valence-electron chi connectivity index (χ1n) is 12.9. The lowest BCUT2D eigenvalue weighted by molar-refractivity contribution is -0.139. The topological polar surface area (TPSA) is 86.8 Å². The highest BCUT2D eigenvalue weighted by molar-refractivity contribution is 7.92. The summed E-state index contributed by atoms with van der Waals surface area (Å²) < 4.78 is 28.9. The summed E-state index contributed by atoms with van der Waals surface area (Å²) in [7, 11) is -4.10. The summed E-state index contributed by atoms with van der Waals surface area (Å²) in [5, 5.41) is 3.38. The van der Waals surface area contributed by atoms with Crippen LogP contribution in [0.5, 0.6) is 0 Å². The van der Waals surface area contributed by atoms with Gasteiger partial charge in [0.25, 0.3) is 10.0 Å². The number of carbonyl (C=O) groups excluding carboxylic acids is 2. The molecule has 0 saturated heterocycles. The monoisotopic (exact) mass is 569 g/mol. The molecule has 3 aromatic rings. The van der Waals surface area contributed by atoms with E-state index in [2.05, 4.69) is 5.32 Å². The summed E-state index contributed by atoms with van der Waals surface area (Å²) in [6.07, 6.45) is 0. The van der Waals surface area contributed by atoms with E-state index >= 15 is 0 Å². The number of nitrogens with one attached hydrogen (secondary N) is 1. The molecule has 39 heavy (non-hydrogen) atoms. The molecule has 0 aliphatic carbocycles. The van der Waals surface area contributed by atoms with Crippen molar-refractivity contribution < 1.29 is 18.0 Å². The quantitative estimate of drug-likeness (QED) is 0.338. The van der Waals surface area contributed by atoms with Gasteiger partial charge in [-0.3, -0.25) is 13.9 Å². The van der Waals surface area contributed by atoms with Crippen LogP contribution in [0.25, 0.3) is 0 Å². The minimum absolute atomic E-state index is 0.0721. The Balaban J connectivity index is 2.04. The van der Waals surface area contributed by atoms with Crippen molar-refractivity contribution >= 4 is 39.1 Å². The first-order chi connectivity index (χ1) is 18.4. The fraction of sp³-hybridized carbons (Fsp3) is 0.333. The summed E-state index contributed by atoms with van der Waals surface area (Å²) in [6.45, 7) is 9.34. The van der Waals surface area contributed by atoms with Gasteiger partial charge < -0.3 is 10.2 Å². The van der Waals surface area contributed by atoms with E-state index in [0.717, 1.165) is 15.4 Å². The molecule has 1 N–H and O–H groups in total. The van der Waals surface area contributed by atoms with Gasteiger partial charge in [-0.2, -0.15) is 0 Å². The van der Waals surface area contributed by atoms with Gasteiger partial charge in [0.1, 0.15) is 12.6 Å². The van der Waals surface area contributed by atoms with Gasteiger partial charge in [0.15, 0.2) is 0 Å². The molecule has 2 amide bonds. The van der Waals surface area contributed by atoms with Crippen molar-refractivity contribution in [2.24, 2.45) is 5.92 Å². The van der Waals surface area contributed by atoms with Crippen molar-refractivity contribution in [3.05, 3.63) is 94.5 Å². The third kappa shape index (κ3) is 7.83. The Labute approximate surface area is 236 Å². The number of sulfonamides is 1. The van der Waals surface area contributed by atoms with Gasteiger partial charge in [0, 0.05) is 18.1 Å². The number of carbonyl (C=O) groups is 2. The Bertz CT molecular complexity index is 1410. The summed E-state index contributed by atoms with van der Waals surface area (Å²) in [5.74, 6) is -0.597. The number of anilines is 1. The van der Waals surface area contributed by atoms with Crippen LogP contribution < -0.4 is 9.62 Å². The predicted octanol–water partition coefficient (Wildman–Crippen LogP) is 5.34. The zero-order chi connectivity index (χ0) is 28.7. The highest BCUT2D eigenvalue weighted by Gasteiger charge is 2.33. The molecule has 3 aromatic carbocycles. The average Bonchev–Trinajstić information content (AvgIpc) is 2.90. The number of rotatable bonds is 11. The maximum absolute atomic E-state index is 14.0. The number of benzene rings is 3. The van der Waals surface area contributed by atoms with Crippen molar-refractivity contribution in [3.63, 3.8) is 0 Å².